The van der Waals surface area contributed by atoms with Gasteiger partial charge in [-0.1, -0.05) is 31.5 Å². The molecule has 0 bridgehead atoms. The number of hydrogen-bond acceptors (Lipinski definition) is 8. The molecular weight excluding hydrogens is 502 g/mol. The van der Waals surface area contributed by atoms with Crippen LogP contribution in [0.15, 0.2) is 36.4 Å². The maximum absolute atomic E-state index is 13.1. The smallest absolute Gasteiger partial charge is 0.414 e. The van der Waals surface area contributed by atoms with E-state index in [1.54, 1.807) is 30.3 Å². The van der Waals surface area contributed by atoms with Crippen molar-refractivity contribution in [3.05, 3.63) is 52.5 Å². The fourth-order valence-electron chi connectivity index (χ4n) is 3.83. The molecule has 0 aromatic heterocycles. The Bertz CT molecular complexity index is 1080. The third-order valence-corrected chi connectivity index (χ3v) is 6.24. The molecule has 0 spiro atoms. The number of amides is 2. The number of carbonyl (C=O) groups is 2. The molecule has 0 aliphatic carbocycles. The highest BCUT2D eigenvalue weighted by molar-refractivity contribution is 6.34. The van der Waals surface area contributed by atoms with E-state index in [9.17, 15) is 19.8 Å². The van der Waals surface area contributed by atoms with E-state index in [0.29, 0.717) is 48.6 Å². The number of nitrogen functional groups attached to an aromatic ring is 1. The lowest BCUT2D eigenvalue weighted by Crippen LogP contribution is -2.45. The monoisotopic (exact) mass is 535 g/mol. The molecular formula is C26H34ClN3O7. The predicted molar refractivity (Wildman–Crippen MR) is 140 cm³/mol. The Balaban J connectivity index is 1.71. The van der Waals surface area contributed by atoms with Crippen LogP contribution in [0.3, 0.4) is 0 Å². The molecule has 2 aromatic rings. The summed E-state index contributed by atoms with van der Waals surface area (Å²) in [7, 11) is 0. The quantitative estimate of drug-likeness (QED) is 0.266. The second-order valence-corrected chi connectivity index (χ2v) is 9.14. The summed E-state index contributed by atoms with van der Waals surface area (Å²) in [6.07, 6.45) is -1.17. The molecule has 1 aliphatic rings. The van der Waals surface area contributed by atoms with Crippen molar-refractivity contribution < 1.29 is 34.0 Å². The summed E-state index contributed by atoms with van der Waals surface area (Å²) in [5, 5.41) is 22.3. The minimum absolute atomic E-state index is 0.167. The first-order chi connectivity index (χ1) is 17.7. The molecule has 2 amide bonds. The van der Waals surface area contributed by atoms with Gasteiger partial charge < -0.3 is 35.5 Å². The van der Waals surface area contributed by atoms with Gasteiger partial charge in [0.1, 0.15) is 11.9 Å². The molecule has 5 N–H and O–H groups in total. The van der Waals surface area contributed by atoms with Gasteiger partial charge in [-0.15, -0.1) is 0 Å². The zero-order chi connectivity index (χ0) is 26.9. The molecule has 2 aromatic carbocycles. The predicted octanol–water partition coefficient (Wildman–Crippen LogP) is 3.78. The number of ether oxygens (including phenoxy) is 3. The summed E-state index contributed by atoms with van der Waals surface area (Å²) in [5.74, 6) is -0.140. The number of rotatable bonds is 10. The number of nitrogens with two attached hydrogens (primary N) is 1. The average molecular weight is 536 g/mol. The van der Waals surface area contributed by atoms with E-state index in [1.165, 1.54) is 4.90 Å². The van der Waals surface area contributed by atoms with Crippen LogP contribution in [-0.2, 0) is 15.9 Å². The zero-order valence-corrected chi connectivity index (χ0v) is 21.7. The highest BCUT2D eigenvalue weighted by Crippen LogP contribution is 2.27. The highest BCUT2D eigenvalue weighted by Gasteiger charge is 2.32. The van der Waals surface area contributed by atoms with Gasteiger partial charge >= 0.3 is 6.09 Å². The Morgan fingerprint density at radius 3 is 2.68 bits per heavy atom. The summed E-state index contributed by atoms with van der Waals surface area (Å²) in [6.45, 7) is 3.67. The maximum Gasteiger partial charge on any atom is 0.414 e. The first kappa shape index (κ1) is 28.5. The van der Waals surface area contributed by atoms with Crippen LogP contribution in [0.2, 0.25) is 5.02 Å². The summed E-state index contributed by atoms with van der Waals surface area (Å²) in [5.41, 5.74) is 7.84. The molecule has 10 nitrogen and oxygen atoms in total. The van der Waals surface area contributed by atoms with Crippen molar-refractivity contribution in [3.8, 4) is 5.75 Å². The number of aryl methyl sites for hydroxylation is 1. The number of benzene rings is 2. The van der Waals surface area contributed by atoms with Crippen molar-refractivity contribution in [2.45, 2.75) is 58.0 Å². The fraction of sp³-hybridized carbons (Fsp3) is 0.462. The Morgan fingerprint density at radius 1 is 1.22 bits per heavy atom. The minimum Gasteiger partial charge on any atom is -0.472 e. The lowest BCUT2D eigenvalue weighted by Gasteiger charge is -2.33. The molecule has 1 fully saturated rings. The lowest BCUT2D eigenvalue weighted by atomic mass is 10.1. The molecule has 202 valence electrons. The van der Waals surface area contributed by atoms with E-state index in [1.807, 2.05) is 19.9 Å². The Kier molecular flexibility index (Phi) is 10.4. The third-order valence-electron chi connectivity index (χ3n) is 5.93. The van der Waals surface area contributed by atoms with Crippen LogP contribution >= 0.6 is 11.6 Å². The molecule has 1 heterocycles. The number of hydrogen-bond donors (Lipinski definition) is 4. The van der Waals surface area contributed by atoms with Crippen molar-refractivity contribution in [1.29, 1.82) is 0 Å². The largest absolute Gasteiger partial charge is 0.472 e. The molecule has 37 heavy (non-hydrogen) atoms. The van der Waals surface area contributed by atoms with Gasteiger partial charge in [0.15, 0.2) is 6.73 Å². The summed E-state index contributed by atoms with van der Waals surface area (Å²) < 4.78 is 16.8. The SMILES string of the molecule is CCCN(COc1ccc(CC)cc1C(=O)Nc1ccc(N)cc1Cl)C(=O)OC1CC[C@H](O)C(CO)O1. The van der Waals surface area contributed by atoms with Crippen LogP contribution in [0.5, 0.6) is 5.75 Å². The van der Waals surface area contributed by atoms with Gasteiger partial charge in [0, 0.05) is 18.7 Å². The highest BCUT2D eigenvalue weighted by atomic mass is 35.5. The summed E-state index contributed by atoms with van der Waals surface area (Å²) >= 11 is 6.22. The van der Waals surface area contributed by atoms with Crippen molar-refractivity contribution in [1.82, 2.24) is 4.90 Å². The molecule has 3 atom stereocenters. The number of carbonyl (C=O) groups excluding carboxylic acids is 2. The molecule has 3 rings (SSSR count). The standard InChI is InChI=1S/C26H34ClN3O7/c1-3-11-30(26(34)37-24-10-8-21(32)23(14-31)36-24)15-35-22-9-5-16(4-2)12-18(22)25(33)29-20-7-6-17(28)13-19(20)27/h5-7,9,12-13,21,23-24,31-32H,3-4,8,10-11,14-15,28H2,1-2H3,(H,29,33)/t21-,23?,24?/m0/s1. The first-order valence-electron chi connectivity index (χ1n) is 12.3. The van der Waals surface area contributed by atoms with Crippen molar-refractivity contribution in [2.24, 2.45) is 0 Å². The van der Waals surface area contributed by atoms with Gasteiger partial charge in [0.2, 0.25) is 6.29 Å². The maximum atomic E-state index is 13.1. The van der Waals surface area contributed by atoms with E-state index in [2.05, 4.69) is 5.32 Å². The molecule has 1 aliphatic heterocycles. The number of aliphatic hydroxyl groups is 2. The first-order valence-corrected chi connectivity index (χ1v) is 12.7. The number of nitrogens with one attached hydrogen (secondary N) is 1. The van der Waals surface area contributed by atoms with Crippen LogP contribution in [0.25, 0.3) is 0 Å². The molecule has 2 unspecified atom stereocenters. The van der Waals surface area contributed by atoms with E-state index < -0.39 is 30.5 Å². The van der Waals surface area contributed by atoms with Gasteiger partial charge in [0.05, 0.1) is 29.0 Å². The molecule has 0 saturated carbocycles. The summed E-state index contributed by atoms with van der Waals surface area (Å²) in [4.78, 5) is 27.3. The second-order valence-electron chi connectivity index (χ2n) is 8.73. The summed E-state index contributed by atoms with van der Waals surface area (Å²) in [6, 6.07) is 10.1. The van der Waals surface area contributed by atoms with Gasteiger partial charge in [-0.2, -0.15) is 0 Å². The molecule has 11 heteroatoms. The van der Waals surface area contributed by atoms with E-state index >= 15 is 0 Å². The Morgan fingerprint density at radius 2 is 2.00 bits per heavy atom. The van der Waals surface area contributed by atoms with Crippen molar-refractivity contribution >= 4 is 35.0 Å². The van der Waals surface area contributed by atoms with Crippen LogP contribution in [-0.4, -0.2) is 65.5 Å². The zero-order valence-electron chi connectivity index (χ0n) is 21.0. The third kappa shape index (κ3) is 7.72. The van der Waals surface area contributed by atoms with Gasteiger partial charge in [-0.25, -0.2) is 4.79 Å². The van der Waals surface area contributed by atoms with Crippen molar-refractivity contribution in [2.75, 3.05) is 30.9 Å². The normalized spacial score (nSPS) is 19.2. The van der Waals surface area contributed by atoms with E-state index in [4.69, 9.17) is 31.5 Å². The average Bonchev–Trinajstić information content (AvgIpc) is 2.89. The molecule has 0 radical (unpaired) electrons. The minimum atomic E-state index is -0.887. The number of anilines is 2. The van der Waals surface area contributed by atoms with Gasteiger partial charge in [-0.3, -0.25) is 9.69 Å². The Hall–Kier alpha value is -3.05. The molecule has 1 saturated heterocycles. The Labute approximate surface area is 221 Å². The van der Waals surface area contributed by atoms with Gasteiger partial charge in [-0.05, 0) is 55.2 Å². The number of nitrogens with zero attached hydrogens (tertiary/aromatic N) is 1. The van der Waals surface area contributed by atoms with Gasteiger partial charge in [0.25, 0.3) is 5.91 Å². The van der Waals surface area contributed by atoms with Crippen LogP contribution in [0.1, 0.15) is 49.0 Å². The van der Waals surface area contributed by atoms with Crippen molar-refractivity contribution in [3.63, 3.8) is 0 Å². The van der Waals surface area contributed by atoms with Crippen LogP contribution < -0.4 is 15.8 Å². The van der Waals surface area contributed by atoms with Crippen LogP contribution in [0.4, 0.5) is 16.2 Å². The number of halogens is 1. The topological polar surface area (TPSA) is 144 Å². The van der Waals surface area contributed by atoms with E-state index in [0.717, 1.165) is 5.56 Å². The number of aliphatic hydroxyl groups excluding tert-OH is 2. The lowest BCUT2D eigenvalue weighted by molar-refractivity contribution is -0.210. The fourth-order valence-corrected chi connectivity index (χ4v) is 4.07. The second kappa shape index (κ2) is 13.5. The van der Waals surface area contributed by atoms with E-state index in [-0.39, 0.29) is 24.7 Å². The van der Waals surface area contributed by atoms with Crippen LogP contribution in [0, 0.1) is 0 Å².